The normalized spacial score (nSPS) is 13.3. The van der Waals surface area contributed by atoms with Gasteiger partial charge < -0.3 is 15.1 Å². The monoisotopic (exact) mass is 396 g/mol. The van der Waals surface area contributed by atoms with Crippen LogP contribution >= 0.6 is 11.6 Å². The number of hydrogen-bond acceptors (Lipinski definition) is 6. The van der Waals surface area contributed by atoms with Crippen molar-refractivity contribution in [1.82, 2.24) is 4.90 Å². The lowest BCUT2D eigenvalue weighted by molar-refractivity contribution is -0.132. The standard InChI is InChI=1S/C20H21ClN6O/c1-14(2)9-20(28)27-7-5-26(6-8-27)19-4-3-16(21)10-17(19)25-18(13-24)15(11-22)12-23/h3-4,10,14,25H,5-9H2,1-2H3. The Morgan fingerprint density at radius 1 is 1.14 bits per heavy atom. The van der Waals surface area contributed by atoms with Crippen molar-refractivity contribution in [1.29, 1.82) is 15.8 Å². The molecule has 0 atom stereocenters. The van der Waals surface area contributed by atoms with Gasteiger partial charge in [0.15, 0.2) is 5.57 Å². The van der Waals surface area contributed by atoms with Gasteiger partial charge >= 0.3 is 0 Å². The van der Waals surface area contributed by atoms with Gasteiger partial charge in [-0.15, -0.1) is 0 Å². The van der Waals surface area contributed by atoms with E-state index < -0.39 is 0 Å². The van der Waals surface area contributed by atoms with E-state index in [9.17, 15) is 10.1 Å². The van der Waals surface area contributed by atoms with Crippen LogP contribution in [0.15, 0.2) is 29.5 Å². The van der Waals surface area contributed by atoms with Crippen LogP contribution in [-0.2, 0) is 4.79 Å². The highest BCUT2D eigenvalue weighted by molar-refractivity contribution is 6.31. The van der Waals surface area contributed by atoms with Gasteiger partial charge in [-0.3, -0.25) is 4.79 Å². The number of amides is 1. The molecule has 1 amide bonds. The minimum atomic E-state index is -0.294. The number of anilines is 2. The van der Waals surface area contributed by atoms with Gasteiger partial charge in [-0.25, -0.2) is 0 Å². The molecule has 1 heterocycles. The number of carbonyl (C=O) groups is 1. The zero-order chi connectivity index (χ0) is 20.7. The van der Waals surface area contributed by atoms with Gasteiger partial charge in [0, 0.05) is 37.6 Å². The predicted molar refractivity (Wildman–Crippen MR) is 107 cm³/mol. The summed E-state index contributed by atoms with van der Waals surface area (Å²) in [6, 6.07) is 10.5. The molecule has 28 heavy (non-hydrogen) atoms. The molecule has 2 rings (SSSR count). The van der Waals surface area contributed by atoms with E-state index in [2.05, 4.69) is 10.2 Å². The SMILES string of the molecule is CC(C)CC(=O)N1CCN(c2ccc(Cl)cc2NC(C#N)=C(C#N)C#N)CC1. The molecule has 0 bridgehead atoms. The number of halogens is 1. The average molecular weight is 397 g/mol. The first-order valence-corrected chi connectivity index (χ1v) is 9.31. The number of allylic oxidation sites excluding steroid dienone is 2. The molecule has 1 saturated heterocycles. The van der Waals surface area contributed by atoms with Crippen LogP contribution in [0.3, 0.4) is 0 Å². The van der Waals surface area contributed by atoms with Crippen LogP contribution in [0, 0.1) is 39.9 Å². The highest BCUT2D eigenvalue weighted by Gasteiger charge is 2.23. The van der Waals surface area contributed by atoms with E-state index in [4.69, 9.17) is 22.1 Å². The van der Waals surface area contributed by atoms with Gasteiger partial charge in [0.1, 0.15) is 23.9 Å². The molecule has 7 nitrogen and oxygen atoms in total. The van der Waals surface area contributed by atoms with E-state index in [0.29, 0.717) is 49.2 Å². The Bertz CT molecular complexity index is 879. The number of nitrogens with zero attached hydrogens (tertiary/aromatic N) is 5. The Morgan fingerprint density at radius 3 is 2.32 bits per heavy atom. The maximum Gasteiger partial charge on any atom is 0.222 e. The minimum absolute atomic E-state index is 0.126. The summed E-state index contributed by atoms with van der Waals surface area (Å²) in [4.78, 5) is 16.2. The Labute approximate surface area is 170 Å². The fraction of sp³-hybridized carbons (Fsp3) is 0.400. The number of rotatable bonds is 5. The quantitative estimate of drug-likeness (QED) is 0.765. The van der Waals surface area contributed by atoms with E-state index in [1.54, 1.807) is 24.3 Å². The van der Waals surface area contributed by atoms with Crippen molar-refractivity contribution >= 4 is 28.9 Å². The molecule has 144 valence electrons. The molecule has 1 aromatic carbocycles. The van der Waals surface area contributed by atoms with Crippen molar-refractivity contribution in [3.05, 3.63) is 34.5 Å². The van der Waals surface area contributed by atoms with Crippen LogP contribution < -0.4 is 10.2 Å². The van der Waals surface area contributed by atoms with Crippen LogP contribution in [0.5, 0.6) is 0 Å². The first-order chi connectivity index (χ1) is 13.4. The molecule has 1 aliphatic rings. The summed E-state index contributed by atoms with van der Waals surface area (Å²) < 4.78 is 0. The Kier molecular flexibility index (Phi) is 7.27. The number of benzene rings is 1. The molecule has 0 spiro atoms. The van der Waals surface area contributed by atoms with Crippen LogP contribution in [0.25, 0.3) is 0 Å². The summed E-state index contributed by atoms with van der Waals surface area (Å²) in [5, 5.41) is 30.7. The molecule has 0 radical (unpaired) electrons. The molecule has 8 heteroatoms. The number of nitrogens with one attached hydrogen (secondary N) is 1. The molecule has 0 saturated carbocycles. The lowest BCUT2D eigenvalue weighted by Gasteiger charge is -2.37. The molecule has 1 aromatic rings. The van der Waals surface area contributed by atoms with Gasteiger partial charge in [-0.05, 0) is 24.1 Å². The van der Waals surface area contributed by atoms with Gasteiger partial charge in [-0.1, -0.05) is 25.4 Å². The van der Waals surface area contributed by atoms with E-state index in [0.717, 1.165) is 5.69 Å². The fourth-order valence-corrected chi connectivity index (χ4v) is 3.15. The average Bonchev–Trinajstić information content (AvgIpc) is 2.67. The molecule has 1 fully saturated rings. The fourth-order valence-electron chi connectivity index (χ4n) is 2.98. The number of piperazine rings is 1. The van der Waals surface area contributed by atoms with Crippen molar-refractivity contribution in [3.8, 4) is 18.2 Å². The summed E-state index contributed by atoms with van der Waals surface area (Å²) in [5.41, 5.74) is 0.911. The first kappa shape index (κ1) is 21.1. The zero-order valence-corrected chi connectivity index (χ0v) is 16.6. The summed E-state index contributed by atoms with van der Waals surface area (Å²) in [7, 11) is 0. The topological polar surface area (TPSA) is 107 Å². The smallest absolute Gasteiger partial charge is 0.222 e. The summed E-state index contributed by atoms with van der Waals surface area (Å²) in [5.74, 6) is 0.481. The van der Waals surface area contributed by atoms with E-state index >= 15 is 0 Å². The Hall–Kier alpha value is -3.21. The summed E-state index contributed by atoms with van der Waals surface area (Å²) >= 11 is 6.10. The van der Waals surface area contributed by atoms with Gasteiger partial charge in [0.25, 0.3) is 0 Å². The van der Waals surface area contributed by atoms with Gasteiger partial charge in [0.05, 0.1) is 11.4 Å². The number of nitriles is 3. The van der Waals surface area contributed by atoms with Gasteiger partial charge in [-0.2, -0.15) is 15.8 Å². The highest BCUT2D eigenvalue weighted by Crippen LogP contribution is 2.31. The first-order valence-electron chi connectivity index (χ1n) is 8.93. The maximum absolute atomic E-state index is 12.3. The lowest BCUT2D eigenvalue weighted by Crippen LogP contribution is -2.49. The third kappa shape index (κ3) is 5.16. The van der Waals surface area contributed by atoms with Gasteiger partial charge in [0.2, 0.25) is 5.91 Å². The second-order valence-corrected chi connectivity index (χ2v) is 7.27. The zero-order valence-electron chi connectivity index (χ0n) is 15.9. The number of hydrogen-bond donors (Lipinski definition) is 1. The molecule has 0 aromatic heterocycles. The third-order valence-corrected chi connectivity index (χ3v) is 4.59. The molecule has 1 aliphatic heterocycles. The van der Waals surface area contributed by atoms with Crippen molar-refractivity contribution in [2.45, 2.75) is 20.3 Å². The van der Waals surface area contributed by atoms with Crippen LogP contribution in [-0.4, -0.2) is 37.0 Å². The lowest BCUT2D eigenvalue weighted by atomic mass is 10.1. The molecular formula is C20H21ClN6O. The Morgan fingerprint density at radius 2 is 1.79 bits per heavy atom. The second kappa shape index (κ2) is 9.65. The largest absolute Gasteiger partial charge is 0.366 e. The molecule has 0 unspecified atom stereocenters. The Balaban J connectivity index is 2.21. The molecular weight excluding hydrogens is 376 g/mol. The van der Waals surface area contributed by atoms with Crippen LogP contribution in [0.1, 0.15) is 20.3 Å². The van der Waals surface area contributed by atoms with Crippen molar-refractivity contribution < 1.29 is 4.79 Å². The minimum Gasteiger partial charge on any atom is -0.366 e. The van der Waals surface area contributed by atoms with Crippen molar-refractivity contribution in [2.75, 3.05) is 36.4 Å². The summed E-state index contributed by atoms with van der Waals surface area (Å²) in [6.45, 7) is 6.53. The molecule has 1 N–H and O–H groups in total. The van der Waals surface area contributed by atoms with Crippen LogP contribution in [0.4, 0.5) is 11.4 Å². The van der Waals surface area contributed by atoms with E-state index in [1.807, 2.05) is 30.9 Å². The molecule has 0 aliphatic carbocycles. The number of carbonyl (C=O) groups excluding carboxylic acids is 1. The van der Waals surface area contributed by atoms with E-state index in [-0.39, 0.29) is 17.2 Å². The third-order valence-electron chi connectivity index (χ3n) is 4.36. The second-order valence-electron chi connectivity index (χ2n) is 6.84. The maximum atomic E-state index is 12.3. The van der Waals surface area contributed by atoms with Crippen molar-refractivity contribution in [3.63, 3.8) is 0 Å². The van der Waals surface area contributed by atoms with Crippen molar-refractivity contribution in [2.24, 2.45) is 5.92 Å². The highest BCUT2D eigenvalue weighted by atomic mass is 35.5. The van der Waals surface area contributed by atoms with Crippen LogP contribution in [0.2, 0.25) is 5.02 Å². The van der Waals surface area contributed by atoms with E-state index in [1.165, 1.54) is 0 Å². The predicted octanol–water partition coefficient (Wildman–Crippen LogP) is 3.27. The summed E-state index contributed by atoms with van der Waals surface area (Å²) in [6.07, 6.45) is 0.537.